The summed E-state index contributed by atoms with van der Waals surface area (Å²) in [5.74, 6) is 2.19. The van der Waals surface area contributed by atoms with Gasteiger partial charge in [0, 0.05) is 11.5 Å². The van der Waals surface area contributed by atoms with Crippen molar-refractivity contribution in [2.45, 2.75) is 19.9 Å². The molecule has 102 valence electrons. The van der Waals surface area contributed by atoms with E-state index < -0.39 is 0 Å². The number of aryl methyl sites for hydroxylation is 1. The first-order chi connectivity index (χ1) is 9.61. The van der Waals surface area contributed by atoms with Gasteiger partial charge in [-0.1, -0.05) is 29.8 Å². The van der Waals surface area contributed by atoms with E-state index in [1.54, 1.807) is 6.07 Å². The van der Waals surface area contributed by atoms with E-state index >= 15 is 0 Å². The lowest BCUT2D eigenvalue weighted by molar-refractivity contribution is 0.525. The van der Waals surface area contributed by atoms with Crippen LogP contribution in [-0.4, -0.2) is 9.97 Å². The number of fused-ring (bicyclic) bond motifs is 1. The van der Waals surface area contributed by atoms with Crippen LogP contribution in [0.15, 0.2) is 40.8 Å². The number of anilines is 1. The molecule has 0 aliphatic rings. The highest BCUT2D eigenvalue weighted by atomic mass is 35.5. The SMILES string of the molecule is Cc1nc(Cl)cc(N[C@H](C)c2cc3ccccc3o2)n1. The van der Waals surface area contributed by atoms with Crippen LogP contribution >= 0.6 is 11.6 Å². The standard InChI is InChI=1S/C15H14ClN3O/c1-9(17-15-8-14(16)18-10(2)19-15)13-7-11-5-3-4-6-12(11)20-13/h3-9H,1-2H3,(H,17,18,19)/t9-/m1/s1. The molecule has 0 aliphatic carbocycles. The van der Waals surface area contributed by atoms with Crippen molar-refractivity contribution in [3.8, 4) is 0 Å². The number of furan rings is 1. The van der Waals surface area contributed by atoms with Crippen molar-refractivity contribution in [3.05, 3.63) is 53.1 Å². The largest absolute Gasteiger partial charge is 0.459 e. The number of para-hydroxylation sites is 1. The van der Waals surface area contributed by atoms with E-state index in [1.807, 2.05) is 44.2 Å². The molecule has 0 saturated carbocycles. The molecular weight excluding hydrogens is 274 g/mol. The third kappa shape index (κ3) is 2.60. The van der Waals surface area contributed by atoms with Gasteiger partial charge in [0.05, 0.1) is 6.04 Å². The zero-order chi connectivity index (χ0) is 14.1. The zero-order valence-corrected chi connectivity index (χ0v) is 12.0. The molecule has 0 spiro atoms. The molecule has 0 aliphatic heterocycles. The van der Waals surface area contributed by atoms with Crippen LogP contribution < -0.4 is 5.32 Å². The van der Waals surface area contributed by atoms with Crippen molar-refractivity contribution < 1.29 is 4.42 Å². The Morgan fingerprint density at radius 2 is 2.00 bits per heavy atom. The van der Waals surface area contributed by atoms with E-state index in [9.17, 15) is 0 Å². The maximum Gasteiger partial charge on any atom is 0.134 e. The Morgan fingerprint density at radius 1 is 1.20 bits per heavy atom. The molecule has 0 radical (unpaired) electrons. The highest BCUT2D eigenvalue weighted by Crippen LogP contribution is 2.26. The topological polar surface area (TPSA) is 51.0 Å². The first-order valence-corrected chi connectivity index (χ1v) is 6.76. The second-order valence-corrected chi connectivity index (χ2v) is 5.06. The van der Waals surface area contributed by atoms with E-state index in [4.69, 9.17) is 16.0 Å². The van der Waals surface area contributed by atoms with Crippen LogP contribution in [0.5, 0.6) is 0 Å². The van der Waals surface area contributed by atoms with Gasteiger partial charge in [0.1, 0.15) is 28.1 Å². The van der Waals surface area contributed by atoms with E-state index in [0.717, 1.165) is 16.7 Å². The van der Waals surface area contributed by atoms with Gasteiger partial charge in [0.15, 0.2) is 0 Å². The minimum Gasteiger partial charge on any atom is -0.459 e. The predicted molar refractivity (Wildman–Crippen MR) is 80.0 cm³/mol. The smallest absolute Gasteiger partial charge is 0.134 e. The fourth-order valence-corrected chi connectivity index (χ4v) is 2.34. The van der Waals surface area contributed by atoms with Crippen LogP contribution in [0.2, 0.25) is 5.15 Å². The molecule has 0 saturated heterocycles. The molecule has 1 N–H and O–H groups in total. The summed E-state index contributed by atoms with van der Waals surface area (Å²) in [5.41, 5.74) is 0.882. The third-order valence-corrected chi connectivity index (χ3v) is 3.24. The molecule has 0 amide bonds. The predicted octanol–water partition coefficient (Wildman–Crippen LogP) is 4.36. The average Bonchev–Trinajstić information content (AvgIpc) is 2.81. The minimum absolute atomic E-state index is 0.00670. The number of hydrogen-bond acceptors (Lipinski definition) is 4. The van der Waals surface area contributed by atoms with Crippen molar-refractivity contribution in [1.82, 2.24) is 9.97 Å². The second-order valence-electron chi connectivity index (χ2n) is 4.68. The molecule has 2 aromatic heterocycles. The fourth-order valence-electron chi connectivity index (χ4n) is 2.11. The number of nitrogens with one attached hydrogen (secondary N) is 1. The van der Waals surface area contributed by atoms with Gasteiger partial charge >= 0.3 is 0 Å². The summed E-state index contributed by atoms with van der Waals surface area (Å²) in [6, 6.07) is 11.7. The molecule has 2 heterocycles. The summed E-state index contributed by atoms with van der Waals surface area (Å²) in [6.07, 6.45) is 0. The van der Waals surface area contributed by atoms with E-state index in [0.29, 0.717) is 16.8 Å². The molecule has 3 aromatic rings. The van der Waals surface area contributed by atoms with Gasteiger partial charge in [0.2, 0.25) is 0 Å². The summed E-state index contributed by atoms with van der Waals surface area (Å²) in [7, 11) is 0. The van der Waals surface area contributed by atoms with Crippen molar-refractivity contribution in [2.75, 3.05) is 5.32 Å². The van der Waals surface area contributed by atoms with Gasteiger partial charge < -0.3 is 9.73 Å². The molecule has 0 fully saturated rings. The van der Waals surface area contributed by atoms with Gasteiger partial charge in [-0.05, 0) is 26.0 Å². The Bertz CT molecular complexity index is 700. The van der Waals surface area contributed by atoms with Crippen LogP contribution in [-0.2, 0) is 0 Å². The summed E-state index contributed by atoms with van der Waals surface area (Å²) >= 11 is 5.93. The molecule has 3 rings (SSSR count). The van der Waals surface area contributed by atoms with Gasteiger partial charge in [-0.2, -0.15) is 0 Å². The van der Waals surface area contributed by atoms with Crippen molar-refractivity contribution in [1.29, 1.82) is 0 Å². The third-order valence-electron chi connectivity index (χ3n) is 3.04. The van der Waals surface area contributed by atoms with E-state index in [-0.39, 0.29) is 6.04 Å². The zero-order valence-electron chi connectivity index (χ0n) is 11.2. The Morgan fingerprint density at radius 3 is 2.75 bits per heavy atom. The number of benzene rings is 1. The van der Waals surface area contributed by atoms with Crippen LogP contribution in [0.25, 0.3) is 11.0 Å². The number of rotatable bonds is 3. The lowest BCUT2D eigenvalue weighted by atomic mass is 10.2. The van der Waals surface area contributed by atoms with Gasteiger partial charge in [-0.15, -0.1) is 0 Å². The molecule has 0 unspecified atom stereocenters. The second kappa shape index (κ2) is 5.13. The summed E-state index contributed by atoms with van der Waals surface area (Å²) < 4.78 is 5.82. The molecule has 5 heteroatoms. The Kier molecular flexibility index (Phi) is 3.32. The normalized spacial score (nSPS) is 12.6. The lowest BCUT2D eigenvalue weighted by Crippen LogP contribution is -2.08. The summed E-state index contributed by atoms with van der Waals surface area (Å²) in [5, 5.41) is 4.79. The molecule has 0 bridgehead atoms. The minimum atomic E-state index is -0.00670. The van der Waals surface area contributed by atoms with Crippen molar-refractivity contribution in [2.24, 2.45) is 0 Å². The van der Waals surface area contributed by atoms with Gasteiger partial charge in [0.25, 0.3) is 0 Å². The van der Waals surface area contributed by atoms with Crippen LogP contribution in [0.3, 0.4) is 0 Å². The van der Waals surface area contributed by atoms with Crippen LogP contribution in [0, 0.1) is 6.92 Å². The lowest BCUT2D eigenvalue weighted by Gasteiger charge is -2.12. The van der Waals surface area contributed by atoms with Crippen LogP contribution in [0.1, 0.15) is 24.6 Å². The average molecular weight is 288 g/mol. The first-order valence-electron chi connectivity index (χ1n) is 6.38. The number of nitrogens with zero attached hydrogens (tertiary/aromatic N) is 2. The maximum atomic E-state index is 5.93. The Labute approximate surface area is 121 Å². The highest BCUT2D eigenvalue weighted by molar-refractivity contribution is 6.29. The Balaban J connectivity index is 1.86. The molecule has 1 aromatic carbocycles. The first kappa shape index (κ1) is 12.9. The molecule has 20 heavy (non-hydrogen) atoms. The summed E-state index contributed by atoms with van der Waals surface area (Å²) in [6.45, 7) is 3.83. The van der Waals surface area contributed by atoms with Gasteiger partial charge in [-0.3, -0.25) is 0 Å². The highest BCUT2D eigenvalue weighted by Gasteiger charge is 2.12. The molecule has 4 nitrogen and oxygen atoms in total. The number of halogens is 1. The monoisotopic (exact) mass is 287 g/mol. The fraction of sp³-hybridized carbons (Fsp3) is 0.200. The quantitative estimate of drug-likeness (QED) is 0.727. The van der Waals surface area contributed by atoms with Crippen molar-refractivity contribution in [3.63, 3.8) is 0 Å². The van der Waals surface area contributed by atoms with E-state index in [1.165, 1.54) is 0 Å². The number of aromatic nitrogens is 2. The van der Waals surface area contributed by atoms with E-state index in [2.05, 4.69) is 15.3 Å². The summed E-state index contributed by atoms with van der Waals surface area (Å²) in [4.78, 5) is 8.35. The molecular formula is C15H14ClN3O. The Hall–Kier alpha value is -2.07. The molecule has 1 atom stereocenters. The maximum absolute atomic E-state index is 5.93. The number of hydrogen-bond donors (Lipinski definition) is 1. The van der Waals surface area contributed by atoms with Gasteiger partial charge in [-0.25, -0.2) is 9.97 Å². The van der Waals surface area contributed by atoms with Crippen LogP contribution in [0.4, 0.5) is 5.82 Å². The van der Waals surface area contributed by atoms with Crippen molar-refractivity contribution >= 4 is 28.4 Å².